The minimum Gasteiger partial charge on any atom is -0.478 e. The van der Waals surface area contributed by atoms with Crippen LogP contribution in [-0.4, -0.2) is 46.8 Å². The maximum Gasteiger partial charge on any atom is 0.335 e. The number of carbonyl (C=O) groups is 1. The largest absolute Gasteiger partial charge is 0.478 e. The highest BCUT2D eigenvalue weighted by molar-refractivity contribution is 5.87. The second kappa shape index (κ2) is 11.3. The molecule has 0 spiro atoms. The van der Waals surface area contributed by atoms with E-state index in [0.29, 0.717) is 17.6 Å². The van der Waals surface area contributed by atoms with Gasteiger partial charge in [-0.3, -0.25) is 4.90 Å². The number of aryl methyl sites for hydroxylation is 1. The molecule has 0 unspecified atom stereocenters. The van der Waals surface area contributed by atoms with Crippen molar-refractivity contribution in [2.45, 2.75) is 59.1 Å². The van der Waals surface area contributed by atoms with E-state index in [-0.39, 0.29) is 0 Å². The van der Waals surface area contributed by atoms with Gasteiger partial charge < -0.3 is 14.8 Å². The first-order valence-electron chi connectivity index (χ1n) is 11.6. The summed E-state index contributed by atoms with van der Waals surface area (Å²) < 4.78 is 5.79. The van der Waals surface area contributed by atoms with Gasteiger partial charge in [-0.1, -0.05) is 38.1 Å². The number of nitrogens with zero attached hydrogens (tertiary/aromatic N) is 1. The van der Waals surface area contributed by atoms with Crippen LogP contribution in [0.4, 0.5) is 0 Å². The molecule has 32 heavy (non-hydrogen) atoms. The van der Waals surface area contributed by atoms with Crippen LogP contribution in [0.1, 0.15) is 66.6 Å². The van der Waals surface area contributed by atoms with E-state index in [1.165, 1.54) is 27.6 Å². The van der Waals surface area contributed by atoms with Crippen molar-refractivity contribution in [3.05, 3.63) is 70.9 Å². The topological polar surface area (TPSA) is 65.6 Å². The van der Waals surface area contributed by atoms with Crippen LogP contribution in [0.25, 0.3) is 10.9 Å². The third-order valence-electron chi connectivity index (χ3n) is 6.15. The monoisotopic (exact) mass is 436 g/mol. The Balaban J connectivity index is 0.000000269. The van der Waals surface area contributed by atoms with Crippen molar-refractivity contribution in [1.82, 2.24) is 9.88 Å². The number of H-pyrrole nitrogens is 1. The van der Waals surface area contributed by atoms with Gasteiger partial charge in [-0.15, -0.1) is 0 Å². The molecule has 2 aromatic carbocycles. The molecule has 1 aliphatic heterocycles. The molecule has 2 N–H and O–H groups in total. The zero-order valence-corrected chi connectivity index (χ0v) is 19.7. The smallest absolute Gasteiger partial charge is 0.335 e. The number of carboxylic acid groups (broad SMARTS) is 1. The van der Waals surface area contributed by atoms with Crippen molar-refractivity contribution in [2.75, 3.05) is 19.7 Å². The molecule has 0 atom stereocenters. The normalized spacial score (nSPS) is 15.0. The fraction of sp³-hybridized carbons (Fsp3) is 0.444. The van der Waals surface area contributed by atoms with Gasteiger partial charge >= 0.3 is 5.97 Å². The lowest BCUT2D eigenvalue weighted by molar-refractivity contribution is 0.0125. The van der Waals surface area contributed by atoms with E-state index in [1.807, 2.05) is 0 Å². The average molecular weight is 437 g/mol. The molecule has 5 heteroatoms. The first-order chi connectivity index (χ1) is 15.4. The fourth-order valence-electron chi connectivity index (χ4n) is 4.46. The summed E-state index contributed by atoms with van der Waals surface area (Å²) in [6.07, 6.45) is 4.86. The lowest BCUT2D eigenvalue weighted by Crippen LogP contribution is -2.36. The Morgan fingerprint density at radius 1 is 1.19 bits per heavy atom. The number of carboxylic acids is 1. The van der Waals surface area contributed by atoms with Gasteiger partial charge in [0.1, 0.15) is 0 Å². The summed E-state index contributed by atoms with van der Waals surface area (Å²) in [7, 11) is 0. The summed E-state index contributed by atoms with van der Waals surface area (Å²) in [6.45, 7) is 13.1. The highest BCUT2D eigenvalue weighted by Crippen LogP contribution is 2.31. The summed E-state index contributed by atoms with van der Waals surface area (Å²) in [5.74, 6) is -0.320. The van der Waals surface area contributed by atoms with Crippen LogP contribution in [0.3, 0.4) is 0 Å². The van der Waals surface area contributed by atoms with Crippen molar-refractivity contribution in [3.63, 3.8) is 0 Å². The molecule has 3 aromatic rings. The molecule has 0 amide bonds. The molecule has 172 valence electrons. The minimum atomic E-state index is -0.879. The van der Waals surface area contributed by atoms with Gasteiger partial charge in [0.25, 0.3) is 0 Å². The predicted octanol–water partition coefficient (Wildman–Crippen LogP) is 5.99. The standard InChI is InChI=1S/C20H30N2O.C7H6O2/c1-5-23-16-7-10-22(11-8-16)13-19-17-6-9-21-20(17)15(4)12-18(19)14(2)3;8-7(9)6-4-2-1-3-5-6/h6,9,12,14,16,21H,5,7-8,10-11,13H2,1-4H3;1-5H,(H,8,9). The summed E-state index contributed by atoms with van der Waals surface area (Å²) >= 11 is 0. The number of aromatic nitrogens is 1. The summed E-state index contributed by atoms with van der Waals surface area (Å²) in [5, 5.41) is 9.79. The highest BCUT2D eigenvalue weighted by atomic mass is 16.5. The maximum absolute atomic E-state index is 10.2. The maximum atomic E-state index is 10.2. The van der Waals surface area contributed by atoms with Crippen LogP contribution in [0.15, 0.2) is 48.7 Å². The number of likely N-dealkylation sites (tertiary alicyclic amines) is 1. The molecule has 0 bridgehead atoms. The molecule has 0 aliphatic carbocycles. The molecule has 1 aliphatic rings. The number of aromatic amines is 1. The number of piperidine rings is 1. The van der Waals surface area contributed by atoms with Gasteiger partial charge in [-0.2, -0.15) is 0 Å². The molecule has 1 aromatic heterocycles. The summed E-state index contributed by atoms with van der Waals surface area (Å²) in [5.41, 5.74) is 6.00. The van der Waals surface area contributed by atoms with Crippen LogP contribution >= 0.6 is 0 Å². The molecule has 1 fully saturated rings. The zero-order valence-electron chi connectivity index (χ0n) is 19.7. The number of hydrogen-bond acceptors (Lipinski definition) is 3. The number of fused-ring (bicyclic) bond motifs is 1. The van der Waals surface area contributed by atoms with E-state index in [9.17, 15) is 4.79 Å². The van der Waals surface area contributed by atoms with Crippen molar-refractivity contribution in [1.29, 1.82) is 0 Å². The molecular formula is C27H36N2O3. The van der Waals surface area contributed by atoms with Crippen LogP contribution in [-0.2, 0) is 11.3 Å². The summed E-state index contributed by atoms with van der Waals surface area (Å²) in [4.78, 5) is 16.2. The van der Waals surface area contributed by atoms with Crippen molar-refractivity contribution >= 4 is 16.9 Å². The second-order valence-electron chi connectivity index (χ2n) is 8.78. The molecule has 0 saturated carbocycles. The molecular weight excluding hydrogens is 400 g/mol. The SMILES string of the molecule is CCOC1CCN(Cc2c(C(C)C)cc(C)c3[nH]ccc23)CC1.O=C(O)c1ccccc1. The van der Waals surface area contributed by atoms with Gasteiger partial charge in [0, 0.05) is 43.3 Å². The van der Waals surface area contributed by atoms with E-state index in [4.69, 9.17) is 9.84 Å². The minimum absolute atomic E-state index is 0.331. The Bertz CT molecular complexity index is 1000. The highest BCUT2D eigenvalue weighted by Gasteiger charge is 2.22. The van der Waals surface area contributed by atoms with Gasteiger partial charge in [-0.25, -0.2) is 4.79 Å². The van der Waals surface area contributed by atoms with E-state index >= 15 is 0 Å². The van der Waals surface area contributed by atoms with Gasteiger partial charge in [0.15, 0.2) is 0 Å². The summed E-state index contributed by atoms with van der Waals surface area (Å²) in [6, 6.07) is 12.9. The number of nitrogens with one attached hydrogen (secondary N) is 1. The van der Waals surface area contributed by atoms with E-state index in [2.05, 4.69) is 55.9 Å². The molecule has 0 radical (unpaired) electrons. The third kappa shape index (κ3) is 5.99. The Hall–Kier alpha value is -2.63. The second-order valence-corrected chi connectivity index (χ2v) is 8.78. The Morgan fingerprint density at radius 3 is 2.44 bits per heavy atom. The van der Waals surface area contributed by atoms with Crippen molar-refractivity contribution < 1.29 is 14.6 Å². The third-order valence-corrected chi connectivity index (χ3v) is 6.15. The van der Waals surface area contributed by atoms with E-state index in [0.717, 1.165) is 39.1 Å². The van der Waals surface area contributed by atoms with Gasteiger partial charge in [0.2, 0.25) is 0 Å². The van der Waals surface area contributed by atoms with Gasteiger partial charge in [-0.05, 0) is 67.5 Å². The van der Waals surface area contributed by atoms with E-state index < -0.39 is 5.97 Å². The number of benzene rings is 2. The van der Waals surface area contributed by atoms with Crippen LogP contribution in [0.2, 0.25) is 0 Å². The Kier molecular flexibility index (Phi) is 8.48. The Morgan fingerprint density at radius 2 is 1.88 bits per heavy atom. The molecule has 2 heterocycles. The molecule has 5 nitrogen and oxygen atoms in total. The van der Waals surface area contributed by atoms with Gasteiger partial charge in [0.05, 0.1) is 11.7 Å². The number of hydrogen-bond donors (Lipinski definition) is 2. The quantitative estimate of drug-likeness (QED) is 0.498. The number of aromatic carboxylic acids is 1. The molecule has 1 saturated heterocycles. The van der Waals surface area contributed by atoms with Crippen LogP contribution in [0.5, 0.6) is 0 Å². The lowest BCUT2D eigenvalue weighted by atomic mass is 9.91. The van der Waals surface area contributed by atoms with Crippen molar-refractivity contribution in [2.24, 2.45) is 0 Å². The predicted molar refractivity (Wildman–Crippen MR) is 130 cm³/mol. The first kappa shape index (κ1) is 24.0. The zero-order chi connectivity index (χ0) is 23.1. The van der Waals surface area contributed by atoms with Crippen LogP contribution < -0.4 is 0 Å². The number of ether oxygens (including phenoxy) is 1. The average Bonchev–Trinajstić information content (AvgIpc) is 3.29. The van der Waals surface area contributed by atoms with Crippen LogP contribution in [0, 0.1) is 6.92 Å². The molecule has 4 rings (SSSR count). The first-order valence-corrected chi connectivity index (χ1v) is 11.6. The fourth-order valence-corrected chi connectivity index (χ4v) is 4.46. The number of rotatable bonds is 6. The Labute approximate surface area is 191 Å². The van der Waals surface area contributed by atoms with E-state index in [1.54, 1.807) is 30.3 Å². The lowest BCUT2D eigenvalue weighted by Gasteiger charge is -2.32. The van der Waals surface area contributed by atoms with Crippen molar-refractivity contribution in [3.8, 4) is 0 Å².